The van der Waals surface area contributed by atoms with E-state index in [9.17, 15) is 4.79 Å². The summed E-state index contributed by atoms with van der Waals surface area (Å²) in [6, 6.07) is 0. The summed E-state index contributed by atoms with van der Waals surface area (Å²) in [5.41, 5.74) is 0. The van der Waals surface area contributed by atoms with E-state index >= 15 is 0 Å². The van der Waals surface area contributed by atoms with E-state index in [1.54, 1.807) is 0 Å². The Balaban J connectivity index is 1.90. The van der Waals surface area contributed by atoms with Gasteiger partial charge in [-0.15, -0.1) is 0 Å². The van der Waals surface area contributed by atoms with Crippen molar-refractivity contribution >= 4 is 6.09 Å². The smallest absolute Gasteiger partial charge is 0.408 e. The minimum Gasteiger partial charge on any atom is -0.450 e. The van der Waals surface area contributed by atoms with Crippen molar-refractivity contribution in [3.63, 3.8) is 0 Å². The Morgan fingerprint density at radius 2 is 2.31 bits per heavy atom. The van der Waals surface area contributed by atoms with Gasteiger partial charge in [0.15, 0.2) is 0 Å². The lowest BCUT2D eigenvalue weighted by Crippen LogP contribution is -2.45. The zero-order valence-corrected chi connectivity index (χ0v) is 8.21. The molecule has 0 atom stereocenters. The van der Waals surface area contributed by atoms with Crippen LogP contribution in [0.5, 0.6) is 0 Å². The summed E-state index contributed by atoms with van der Waals surface area (Å²) >= 11 is 0. The van der Waals surface area contributed by atoms with Crippen LogP contribution in [0, 0.1) is 0 Å². The number of alkyl carbamates (subject to hydrolysis) is 1. The molecule has 76 valence electrons. The SMILES string of the molecule is CCCCOC(=O)NCN1CCC1. The molecular weight excluding hydrogens is 168 g/mol. The Morgan fingerprint density at radius 3 is 2.85 bits per heavy atom. The molecule has 0 aromatic carbocycles. The van der Waals surface area contributed by atoms with Crippen molar-refractivity contribution in [2.45, 2.75) is 26.2 Å². The largest absolute Gasteiger partial charge is 0.450 e. The summed E-state index contributed by atoms with van der Waals surface area (Å²) in [6.45, 7) is 5.42. The Morgan fingerprint density at radius 1 is 1.54 bits per heavy atom. The first kappa shape index (κ1) is 10.3. The Kier molecular flexibility index (Phi) is 4.60. The van der Waals surface area contributed by atoms with Crippen molar-refractivity contribution in [3.8, 4) is 0 Å². The highest BCUT2D eigenvalue weighted by Crippen LogP contribution is 2.02. The van der Waals surface area contributed by atoms with Crippen molar-refractivity contribution in [1.82, 2.24) is 10.2 Å². The van der Waals surface area contributed by atoms with Crippen molar-refractivity contribution < 1.29 is 9.53 Å². The van der Waals surface area contributed by atoms with E-state index in [-0.39, 0.29) is 6.09 Å². The molecule has 1 heterocycles. The Hall–Kier alpha value is -0.770. The molecule has 0 aliphatic carbocycles. The number of ether oxygens (including phenoxy) is 1. The summed E-state index contributed by atoms with van der Waals surface area (Å²) in [5.74, 6) is 0. The van der Waals surface area contributed by atoms with Crippen LogP contribution in [0.4, 0.5) is 4.79 Å². The number of nitrogens with one attached hydrogen (secondary N) is 1. The molecule has 0 radical (unpaired) electrons. The highest BCUT2D eigenvalue weighted by atomic mass is 16.5. The molecule has 1 rings (SSSR count). The standard InChI is InChI=1S/C9H18N2O2/c1-2-3-7-13-9(12)10-8-11-5-4-6-11/h2-8H2,1H3,(H,10,12). The molecule has 0 bridgehead atoms. The third-order valence-corrected chi connectivity index (χ3v) is 2.13. The number of amides is 1. The van der Waals surface area contributed by atoms with E-state index in [1.165, 1.54) is 6.42 Å². The summed E-state index contributed by atoms with van der Waals surface area (Å²) in [7, 11) is 0. The van der Waals surface area contributed by atoms with E-state index in [1.807, 2.05) is 0 Å². The van der Waals surface area contributed by atoms with E-state index in [2.05, 4.69) is 17.1 Å². The maximum Gasteiger partial charge on any atom is 0.408 e. The molecule has 0 spiro atoms. The molecule has 4 heteroatoms. The van der Waals surface area contributed by atoms with Gasteiger partial charge >= 0.3 is 6.09 Å². The van der Waals surface area contributed by atoms with Gasteiger partial charge < -0.3 is 10.1 Å². The lowest BCUT2D eigenvalue weighted by molar-refractivity contribution is 0.122. The van der Waals surface area contributed by atoms with Crippen molar-refractivity contribution in [3.05, 3.63) is 0 Å². The van der Waals surface area contributed by atoms with Crippen LogP contribution < -0.4 is 5.32 Å². The molecular formula is C9H18N2O2. The number of nitrogens with zero attached hydrogens (tertiary/aromatic N) is 1. The van der Waals surface area contributed by atoms with Crippen molar-refractivity contribution in [1.29, 1.82) is 0 Å². The Bertz CT molecular complexity index is 158. The van der Waals surface area contributed by atoms with Gasteiger partial charge in [-0.2, -0.15) is 0 Å². The third kappa shape index (κ3) is 4.12. The van der Waals surface area contributed by atoms with Crippen LogP contribution in [0.1, 0.15) is 26.2 Å². The van der Waals surface area contributed by atoms with E-state index < -0.39 is 0 Å². The first-order valence-electron chi connectivity index (χ1n) is 4.96. The lowest BCUT2D eigenvalue weighted by Gasteiger charge is -2.30. The van der Waals surface area contributed by atoms with Crippen LogP contribution in [-0.4, -0.2) is 37.4 Å². The maximum absolute atomic E-state index is 11.0. The first-order chi connectivity index (χ1) is 6.33. The summed E-state index contributed by atoms with van der Waals surface area (Å²) in [4.78, 5) is 13.2. The molecule has 1 aliphatic rings. The molecule has 0 unspecified atom stereocenters. The predicted molar refractivity (Wildman–Crippen MR) is 50.4 cm³/mol. The molecule has 0 saturated carbocycles. The van der Waals surface area contributed by atoms with Gasteiger partial charge in [0, 0.05) is 13.1 Å². The fourth-order valence-electron chi connectivity index (χ4n) is 1.08. The van der Waals surface area contributed by atoms with E-state index in [0.717, 1.165) is 25.9 Å². The summed E-state index contributed by atoms with van der Waals surface area (Å²) < 4.78 is 4.92. The second-order valence-corrected chi connectivity index (χ2v) is 3.30. The van der Waals surface area contributed by atoms with Gasteiger partial charge in [0.1, 0.15) is 0 Å². The topological polar surface area (TPSA) is 41.6 Å². The Labute approximate surface area is 79.2 Å². The minimum absolute atomic E-state index is 0.291. The fraction of sp³-hybridized carbons (Fsp3) is 0.889. The second kappa shape index (κ2) is 5.80. The highest BCUT2D eigenvalue weighted by molar-refractivity contribution is 5.66. The molecule has 4 nitrogen and oxygen atoms in total. The first-order valence-corrected chi connectivity index (χ1v) is 4.96. The highest BCUT2D eigenvalue weighted by Gasteiger charge is 2.13. The third-order valence-electron chi connectivity index (χ3n) is 2.13. The minimum atomic E-state index is -0.291. The van der Waals surface area contributed by atoms with Gasteiger partial charge in [0.05, 0.1) is 13.3 Å². The summed E-state index contributed by atoms with van der Waals surface area (Å²) in [6.07, 6.45) is 2.95. The van der Waals surface area contributed by atoms with Crippen LogP contribution in [-0.2, 0) is 4.74 Å². The average molecular weight is 186 g/mol. The normalized spacial score (nSPS) is 16.4. The maximum atomic E-state index is 11.0. The quantitative estimate of drug-likeness (QED) is 0.655. The number of carbonyl (C=O) groups is 1. The second-order valence-electron chi connectivity index (χ2n) is 3.30. The monoisotopic (exact) mass is 186 g/mol. The van der Waals surface area contributed by atoms with Gasteiger partial charge in [0.2, 0.25) is 0 Å². The van der Waals surface area contributed by atoms with Crippen molar-refractivity contribution in [2.75, 3.05) is 26.4 Å². The van der Waals surface area contributed by atoms with Crippen LogP contribution in [0.15, 0.2) is 0 Å². The van der Waals surface area contributed by atoms with Crippen LogP contribution >= 0.6 is 0 Å². The van der Waals surface area contributed by atoms with Gasteiger partial charge in [-0.3, -0.25) is 4.90 Å². The number of likely N-dealkylation sites (tertiary alicyclic amines) is 1. The molecule has 13 heavy (non-hydrogen) atoms. The lowest BCUT2D eigenvalue weighted by atomic mass is 10.2. The fourth-order valence-corrected chi connectivity index (χ4v) is 1.08. The number of rotatable bonds is 5. The van der Waals surface area contributed by atoms with E-state index in [4.69, 9.17) is 4.74 Å². The molecule has 0 aromatic rings. The molecule has 1 saturated heterocycles. The van der Waals surface area contributed by atoms with E-state index in [0.29, 0.717) is 13.3 Å². The van der Waals surface area contributed by atoms with Crippen LogP contribution in [0.2, 0.25) is 0 Å². The van der Waals surface area contributed by atoms with Crippen LogP contribution in [0.3, 0.4) is 0 Å². The number of hydrogen-bond donors (Lipinski definition) is 1. The number of hydrogen-bond acceptors (Lipinski definition) is 3. The van der Waals surface area contributed by atoms with Gasteiger partial charge in [-0.25, -0.2) is 4.79 Å². The van der Waals surface area contributed by atoms with Crippen LogP contribution in [0.25, 0.3) is 0 Å². The molecule has 0 aromatic heterocycles. The molecule has 1 amide bonds. The predicted octanol–water partition coefficient (Wildman–Crippen LogP) is 1.18. The molecule has 1 N–H and O–H groups in total. The summed E-state index contributed by atoms with van der Waals surface area (Å²) in [5, 5.41) is 2.71. The van der Waals surface area contributed by atoms with Crippen molar-refractivity contribution in [2.24, 2.45) is 0 Å². The van der Waals surface area contributed by atoms with Gasteiger partial charge in [0.25, 0.3) is 0 Å². The number of unbranched alkanes of at least 4 members (excludes halogenated alkanes) is 1. The molecule has 1 fully saturated rings. The zero-order valence-electron chi connectivity index (χ0n) is 8.21. The van der Waals surface area contributed by atoms with Gasteiger partial charge in [-0.05, 0) is 12.8 Å². The zero-order chi connectivity index (χ0) is 9.52. The molecule has 1 aliphatic heterocycles. The van der Waals surface area contributed by atoms with Gasteiger partial charge in [-0.1, -0.05) is 13.3 Å². The average Bonchev–Trinajstić information content (AvgIpc) is 2.02. The number of carbonyl (C=O) groups excluding carboxylic acids is 1.